The minimum absolute atomic E-state index is 0.154. The van der Waals surface area contributed by atoms with Crippen molar-refractivity contribution in [2.24, 2.45) is 28.8 Å². The van der Waals surface area contributed by atoms with Gasteiger partial charge in [-0.15, -0.1) is 0 Å². The van der Waals surface area contributed by atoms with Crippen LogP contribution in [0.15, 0.2) is 47.6 Å². The first kappa shape index (κ1) is 18.9. The Morgan fingerprint density at radius 2 is 1.70 bits per heavy atom. The van der Waals surface area contributed by atoms with E-state index >= 15 is 0 Å². The molecule has 0 radical (unpaired) electrons. The highest BCUT2D eigenvalue weighted by Gasteiger charge is 2.59. The molecule has 0 spiro atoms. The zero-order valence-electron chi connectivity index (χ0n) is 17.4. The average molecular weight is 403 g/mol. The Bertz CT molecular complexity index is 1050. The molecule has 0 N–H and O–H groups in total. The van der Waals surface area contributed by atoms with Crippen LogP contribution in [-0.4, -0.2) is 34.2 Å². The second-order valence-electron chi connectivity index (χ2n) is 8.32. The normalized spacial score (nSPS) is 27.0. The number of hydrazone groups is 1. The van der Waals surface area contributed by atoms with Crippen LogP contribution in [0.25, 0.3) is 5.69 Å². The highest BCUT2D eigenvalue weighted by atomic mass is 16.5. The van der Waals surface area contributed by atoms with Gasteiger partial charge < -0.3 is 9.30 Å². The number of aryl methyl sites for hydroxylation is 1. The van der Waals surface area contributed by atoms with Crippen molar-refractivity contribution in [1.29, 1.82) is 0 Å². The Morgan fingerprint density at radius 1 is 1.07 bits per heavy atom. The summed E-state index contributed by atoms with van der Waals surface area (Å²) in [5, 5.41) is 5.43. The molecule has 5 rings (SSSR count). The molecule has 1 aliphatic heterocycles. The zero-order chi connectivity index (χ0) is 21.0. The van der Waals surface area contributed by atoms with Crippen LogP contribution in [0.1, 0.15) is 30.3 Å². The lowest BCUT2D eigenvalue weighted by molar-refractivity contribution is -0.140. The lowest BCUT2D eigenvalue weighted by Crippen LogP contribution is -2.28. The van der Waals surface area contributed by atoms with Crippen molar-refractivity contribution in [3.05, 3.63) is 59.4 Å². The van der Waals surface area contributed by atoms with E-state index in [2.05, 4.69) is 21.8 Å². The van der Waals surface area contributed by atoms with E-state index in [1.807, 2.05) is 51.1 Å². The van der Waals surface area contributed by atoms with Crippen molar-refractivity contribution >= 4 is 18.0 Å². The first-order valence-electron chi connectivity index (χ1n) is 10.5. The second-order valence-corrected chi connectivity index (χ2v) is 8.32. The van der Waals surface area contributed by atoms with Crippen molar-refractivity contribution in [3.8, 4) is 11.4 Å². The molecule has 2 aromatic rings. The first-order valence-corrected chi connectivity index (χ1v) is 10.5. The molecule has 2 fully saturated rings. The Balaban J connectivity index is 1.40. The molecule has 2 bridgehead atoms. The van der Waals surface area contributed by atoms with Gasteiger partial charge in [0.1, 0.15) is 5.75 Å². The maximum atomic E-state index is 12.8. The molecule has 4 atom stereocenters. The summed E-state index contributed by atoms with van der Waals surface area (Å²) >= 11 is 0. The number of amides is 2. The van der Waals surface area contributed by atoms with Gasteiger partial charge in [-0.05, 0) is 69.4 Å². The third kappa shape index (κ3) is 2.74. The maximum Gasteiger partial charge on any atom is 0.254 e. The number of carbonyl (C=O) groups excluding carboxylic acids is 2. The number of nitrogens with zero attached hydrogens (tertiary/aromatic N) is 3. The Labute approximate surface area is 175 Å². The zero-order valence-corrected chi connectivity index (χ0v) is 17.4. The minimum Gasteiger partial charge on any atom is -0.494 e. The molecular formula is C24H25N3O3. The van der Waals surface area contributed by atoms with Gasteiger partial charge in [0.25, 0.3) is 11.8 Å². The SMILES string of the molecule is CCOc1ccc(-n2c(C)cc(C=NN3C(=O)C4C5C=CC(C5)C4C3=O)c2C)cc1. The Kier molecular flexibility index (Phi) is 4.38. The second kappa shape index (κ2) is 6.97. The van der Waals surface area contributed by atoms with E-state index < -0.39 is 0 Å². The summed E-state index contributed by atoms with van der Waals surface area (Å²) in [6.07, 6.45) is 6.75. The summed E-state index contributed by atoms with van der Waals surface area (Å²) in [7, 11) is 0. The largest absolute Gasteiger partial charge is 0.494 e. The first-order chi connectivity index (χ1) is 14.5. The van der Waals surface area contributed by atoms with E-state index in [9.17, 15) is 9.59 Å². The predicted octanol–water partition coefficient (Wildman–Crippen LogP) is 3.63. The summed E-state index contributed by atoms with van der Waals surface area (Å²) in [4.78, 5) is 25.6. The number of benzene rings is 1. The van der Waals surface area contributed by atoms with E-state index in [0.717, 1.165) is 39.8 Å². The molecule has 30 heavy (non-hydrogen) atoms. The van der Waals surface area contributed by atoms with Crippen LogP contribution in [0.4, 0.5) is 0 Å². The fourth-order valence-corrected chi connectivity index (χ4v) is 5.29. The van der Waals surface area contributed by atoms with E-state index in [0.29, 0.717) is 6.61 Å². The van der Waals surface area contributed by atoms with Crippen molar-refractivity contribution in [1.82, 2.24) is 9.58 Å². The predicted molar refractivity (Wildman–Crippen MR) is 114 cm³/mol. The molecule has 2 aliphatic carbocycles. The van der Waals surface area contributed by atoms with Crippen molar-refractivity contribution < 1.29 is 14.3 Å². The highest BCUT2D eigenvalue weighted by Crippen LogP contribution is 2.52. The Hall–Kier alpha value is -3.15. The maximum absolute atomic E-state index is 12.8. The molecule has 1 aromatic heterocycles. The van der Waals surface area contributed by atoms with Crippen LogP contribution < -0.4 is 4.74 Å². The van der Waals surface area contributed by atoms with Gasteiger partial charge in [-0.1, -0.05) is 12.2 Å². The molecule has 6 heteroatoms. The summed E-state index contributed by atoms with van der Waals surface area (Å²) in [6, 6.07) is 9.96. The van der Waals surface area contributed by atoms with Crippen molar-refractivity contribution in [3.63, 3.8) is 0 Å². The number of ether oxygens (including phenoxy) is 1. The van der Waals surface area contributed by atoms with Gasteiger partial charge in [-0.25, -0.2) is 0 Å². The molecule has 154 valence electrons. The molecule has 1 aromatic carbocycles. The van der Waals surface area contributed by atoms with Crippen molar-refractivity contribution in [2.75, 3.05) is 6.61 Å². The van der Waals surface area contributed by atoms with Crippen LogP contribution in [-0.2, 0) is 9.59 Å². The van der Waals surface area contributed by atoms with E-state index in [4.69, 9.17) is 4.74 Å². The summed E-state index contributed by atoms with van der Waals surface area (Å²) < 4.78 is 7.65. The standard InChI is InChI=1S/C24H25N3O3/c1-4-30-20-9-7-19(8-10-20)26-14(2)11-18(15(26)3)13-25-27-23(28)21-16-5-6-17(12-16)22(21)24(27)29/h5-11,13,16-17,21-22H,4,12H2,1-3H3. The van der Waals surface area contributed by atoms with Gasteiger partial charge in [0.05, 0.1) is 24.7 Å². The fraction of sp³-hybridized carbons (Fsp3) is 0.375. The lowest BCUT2D eigenvalue weighted by Gasteiger charge is -2.13. The van der Waals surface area contributed by atoms with Crippen molar-refractivity contribution in [2.45, 2.75) is 27.2 Å². The van der Waals surface area contributed by atoms with Crippen LogP contribution >= 0.6 is 0 Å². The smallest absolute Gasteiger partial charge is 0.254 e. The van der Waals surface area contributed by atoms with E-state index in [-0.39, 0.29) is 35.5 Å². The van der Waals surface area contributed by atoms with Gasteiger partial charge in [0.2, 0.25) is 0 Å². The minimum atomic E-state index is -0.221. The summed E-state index contributed by atoms with van der Waals surface area (Å²) in [5.41, 5.74) is 3.97. The third-order valence-corrected chi connectivity index (χ3v) is 6.64. The molecule has 2 heterocycles. The summed E-state index contributed by atoms with van der Waals surface area (Å²) in [5.74, 6) is 0.479. The average Bonchev–Trinajstić information content (AvgIpc) is 3.46. The van der Waals surface area contributed by atoms with Crippen LogP contribution in [0.3, 0.4) is 0 Å². The molecule has 2 amide bonds. The van der Waals surface area contributed by atoms with Gasteiger partial charge in [0, 0.05) is 22.6 Å². The number of fused-ring (bicyclic) bond motifs is 5. The molecule has 3 aliphatic rings. The highest BCUT2D eigenvalue weighted by molar-refractivity contribution is 6.06. The van der Waals surface area contributed by atoms with Crippen LogP contribution in [0, 0.1) is 37.5 Å². The van der Waals surface area contributed by atoms with Gasteiger partial charge in [-0.3, -0.25) is 9.59 Å². The Morgan fingerprint density at radius 3 is 2.30 bits per heavy atom. The van der Waals surface area contributed by atoms with Gasteiger partial charge in [-0.2, -0.15) is 10.1 Å². The monoisotopic (exact) mass is 403 g/mol. The number of allylic oxidation sites excluding steroid dienone is 2. The molecule has 4 unspecified atom stereocenters. The van der Waals surface area contributed by atoms with Gasteiger partial charge >= 0.3 is 0 Å². The fourth-order valence-electron chi connectivity index (χ4n) is 5.29. The van der Waals surface area contributed by atoms with Gasteiger partial charge in [0.15, 0.2) is 0 Å². The number of aromatic nitrogens is 1. The lowest BCUT2D eigenvalue weighted by atomic mass is 9.85. The number of hydrogen-bond donors (Lipinski definition) is 0. The third-order valence-electron chi connectivity index (χ3n) is 6.64. The molecule has 6 nitrogen and oxygen atoms in total. The van der Waals surface area contributed by atoms with Crippen LogP contribution in [0.2, 0.25) is 0 Å². The van der Waals surface area contributed by atoms with E-state index in [1.54, 1.807) is 6.21 Å². The molecule has 1 saturated heterocycles. The van der Waals surface area contributed by atoms with Crippen LogP contribution in [0.5, 0.6) is 5.75 Å². The number of hydrogen-bond acceptors (Lipinski definition) is 4. The molecule has 1 saturated carbocycles. The quantitative estimate of drug-likeness (QED) is 0.435. The number of imide groups is 1. The number of carbonyl (C=O) groups is 2. The topological polar surface area (TPSA) is 63.9 Å². The molecular weight excluding hydrogens is 378 g/mol. The summed E-state index contributed by atoms with van der Waals surface area (Å²) in [6.45, 7) is 6.64. The van der Waals surface area contributed by atoms with E-state index in [1.165, 1.54) is 0 Å². The number of rotatable bonds is 5.